The standard InChI is InChI=1S/C29H26N4O4/c1-16-23(19-8-5-4-6-9-19)27-30-25(20-14-12-18(13-15-20)17(2)34)24(29(35)33(27)32-16)28-31-26-21(36-3)10-7-11-22(26)37-28/h4-11,14,18,32H,12-13,15H2,1-3H3. The van der Waals surface area contributed by atoms with Crippen LogP contribution in [0, 0.1) is 12.8 Å². The maximum atomic E-state index is 14.1. The molecule has 1 aliphatic carbocycles. The number of benzene rings is 2. The minimum absolute atomic E-state index is 0.0139. The zero-order valence-electron chi connectivity index (χ0n) is 20.9. The summed E-state index contributed by atoms with van der Waals surface area (Å²) in [6, 6.07) is 15.3. The molecule has 2 aromatic carbocycles. The Morgan fingerprint density at radius 3 is 2.62 bits per heavy atom. The number of hydrogen-bond acceptors (Lipinski definition) is 6. The van der Waals surface area contributed by atoms with Crippen LogP contribution < -0.4 is 10.3 Å². The molecule has 8 heteroatoms. The minimum atomic E-state index is -0.301. The van der Waals surface area contributed by atoms with Crippen LogP contribution in [0.3, 0.4) is 0 Å². The number of carbonyl (C=O) groups is 1. The molecule has 0 bridgehead atoms. The Labute approximate surface area is 212 Å². The second-order valence-electron chi connectivity index (χ2n) is 9.41. The fourth-order valence-corrected chi connectivity index (χ4v) is 5.17. The number of aromatic amines is 1. The van der Waals surface area contributed by atoms with Crippen LogP contribution in [0.25, 0.3) is 44.9 Å². The van der Waals surface area contributed by atoms with Crippen molar-refractivity contribution in [1.29, 1.82) is 0 Å². The van der Waals surface area contributed by atoms with Gasteiger partial charge in [0, 0.05) is 17.2 Å². The predicted molar refractivity (Wildman–Crippen MR) is 142 cm³/mol. The number of rotatable bonds is 5. The number of Topliss-reactive ketones (excluding diaryl/α,β-unsaturated/α-hetero) is 1. The molecule has 0 saturated heterocycles. The molecular weight excluding hydrogens is 468 g/mol. The number of carbonyl (C=O) groups excluding carboxylic acids is 1. The summed E-state index contributed by atoms with van der Waals surface area (Å²) in [5.41, 5.74) is 5.68. The Morgan fingerprint density at radius 2 is 1.92 bits per heavy atom. The Balaban J connectivity index is 1.64. The summed E-state index contributed by atoms with van der Waals surface area (Å²) in [5, 5.41) is 3.20. The van der Waals surface area contributed by atoms with Crippen LogP contribution >= 0.6 is 0 Å². The van der Waals surface area contributed by atoms with E-state index in [2.05, 4.69) is 10.1 Å². The lowest BCUT2D eigenvalue weighted by atomic mass is 9.85. The Kier molecular flexibility index (Phi) is 5.52. The topological polar surface area (TPSA) is 102 Å². The molecule has 0 fully saturated rings. The fourth-order valence-electron chi connectivity index (χ4n) is 5.17. The number of ketones is 1. The van der Waals surface area contributed by atoms with Crippen LogP contribution in [0.4, 0.5) is 0 Å². The molecule has 1 atom stereocenters. The van der Waals surface area contributed by atoms with Gasteiger partial charge in [0.1, 0.15) is 17.1 Å². The number of oxazole rings is 1. The lowest BCUT2D eigenvalue weighted by Crippen LogP contribution is -2.21. The van der Waals surface area contributed by atoms with Crippen molar-refractivity contribution in [3.8, 4) is 28.3 Å². The number of methoxy groups -OCH3 is 1. The van der Waals surface area contributed by atoms with Crippen molar-refractivity contribution in [3.05, 3.63) is 76.3 Å². The van der Waals surface area contributed by atoms with Crippen molar-refractivity contribution < 1.29 is 13.9 Å². The molecule has 1 unspecified atom stereocenters. The van der Waals surface area contributed by atoms with E-state index in [1.54, 1.807) is 26.2 Å². The zero-order valence-corrected chi connectivity index (χ0v) is 20.9. The van der Waals surface area contributed by atoms with Crippen molar-refractivity contribution in [2.24, 2.45) is 5.92 Å². The number of para-hydroxylation sites is 1. The first-order valence-corrected chi connectivity index (χ1v) is 12.3. The number of nitrogens with zero attached hydrogens (tertiary/aromatic N) is 3. The van der Waals surface area contributed by atoms with E-state index in [4.69, 9.17) is 14.1 Å². The number of aromatic nitrogens is 4. The molecule has 37 heavy (non-hydrogen) atoms. The molecule has 5 aromatic rings. The van der Waals surface area contributed by atoms with E-state index in [0.717, 1.165) is 22.4 Å². The highest BCUT2D eigenvalue weighted by Crippen LogP contribution is 2.37. The molecule has 8 nitrogen and oxygen atoms in total. The minimum Gasteiger partial charge on any atom is -0.494 e. The highest BCUT2D eigenvalue weighted by Gasteiger charge is 2.28. The zero-order chi connectivity index (χ0) is 25.7. The molecular formula is C29H26N4O4. The molecule has 0 saturated carbocycles. The molecule has 0 amide bonds. The van der Waals surface area contributed by atoms with Crippen LogP contribution in [-0.2, 0) is 4.79 Å². The number of H-pyrrole nitrogens is 1. The number of aryl methyl sites for hydroxylation is 1. The van der Waals surface area contributed by atoms with Gasteiger partial charge in [0.2, 0.25) is 5.89 Å². The summed E-state index contributed by atoms with van der Waals surface area (Å²) in [6.45, 7) is 3.56. The first-order valence-electron chi connectivity index (χ1n) is 12.3. The number of ether oxygens (including phenoxy) is 1. The third-order valence-corrected chi connectivity index (χ3v) is 7.13. The molecule has 3 aromatic heterocycles. The lowest BCUT2D eigenvalue weighted by molar-refractivity contribution is -0.120. The molecule has 186 valence electrons. The maximum Gasteiger partial charge on any atom is 0.286 e. The van der Waals surface area contributed by atoms with E-state index in [1.807, 2.05) is 49.4 Å². The van der Waals surface area contributed by atoms with Crippen molar-refractivity contribution in [2.75, 3.05) is 7.11 Å². The summed E-state index contributed by atoms with van der Waals surface area (Å²) in [5.74, 6) is 0.911. The van der Waals surface area contributed by atoms with Gasteiger partial charge < -0.3 is 9.15 Å². The van der Waals surface area contributed by atoms with Gasteiger partial charge in [0.15, 0.2) is 16.7 Å². The van der Waals surface area contributed by atoms with Gasteiger partial charge in [-0.15, -0.1) is 0 Å². The van der Waals surface area contributed by atoms with Gasteiger partial charge in [-0.25, -0.2) is 14.5 Å². The molecule has 3 heterocycles. The molecule has 0 radical (unpaired) electrons. The largest absolute Gasteiger partial charge is 0.494 e. The molecule has 1 aliphatic rings. The first-order chi connectivity index (χ1) is 18.0. The highest BCUT2D eigenvalue weighted by atomic mass is 16.5. The molecule has 0 spiro atoms. The highest BCUT2D eigenvalue weighted by molar-refractivity contribution is 5.87. The van der Waals surface area contributed by atoms with Crippen LogP contribution in [0.2, 0.25) is 0 Å². The summed E-state index contributed by atoms with van der Waals surface area (Å²) >= 11 is 0. The quantitative estimate of drug-likeness (QED) is 0.342. The van der Waals surface area contributed by atoms with Gasteiger partial charge in [0.05, 0.1) is 12.8 Å². The second-order valence-corrected chi connectivity index (χ2v) is 9.41. The third kappa shape index (κ3) is 3.76. The number of allylic oxidation sites excluding steroid dienone is 2. The van der Waals surface area contributed by atoms with E-state index in [1.165, 1.54) is 4.52 Å². The summed E-state index contributed by atoms with van der Waals surface area (Å²) in [6.07, 6.45) is 3.99. The second kappa shape index (κ2) is 8.89. The van der Waals surface area contributed by atoms with Gasteiger partial charge in [-0.05, 0) is 56.4 Å². The first kappa shape index (κ1) is 23.0. The third-order valence-electron chi connectivity index (χ3n) is 7.13. The van der Waals surface area contributed by atoms with Gasteiger partial charge >= 0.3 is 0 Å². The normalized spacial score (nSPS) is 15.8. The van der Waals surface area contributed by atoms with Crippen molar-refractivity contribution in [2.45, 2.75) is 33.1 Å². The van der Waals surface area contributed by atoms with E-state index in [9.17, 15) is 9.59 Å². The summed E-state index contributed by atoms with van der Waals surface area (Å²) < 4.78 is 13.0. The van der Waals surface area contributed by atoms with Gasteiger partial charge in [0.25, 0.3) is 5.56 Å². The van der Waals surface area contributed by atoms with Gasteiger partial charge in [-0.1, -0.05) is 42.5 Å². The van der Waals surface area contributed by atoms with Crippen molar-refractivity contribution in [3.63, 3.8) is 0 Å². The summed E-state index contributed by atoms with van der Waals surface area (Å²) in [7, 11) is 1.57. The average Bonchev–Trinajstić information content (AvgIpc) is 3.49. The van der Waals surface area contributed by atoms with E-state index in [0.29, 0.717) is 47.5 Å². The Morgan fingerprint density at radius 1 is 1.11 bits per heavy atom. The maximum absolute atomic E-state index is 14.1. The fraction of sp³-hybridized carbons (Fsp3) is 0.241. The Bertz CT molecular complexity index is 1760. The molecule has 0 aliphatic heterocycles. The van der Waals surface area contributed by atoms with E-state index < -0.39 is 0 Å². The van der Waals surface area contributed by atoms with E-state index >= 15 is 0 Å². The van der Waals surface area contributed by atoms with Gasteiger partial charge in [-0.2, -0.15) is 0 Å². The predicted octanol–water partition coefficient (Wildman–Crippen LogP) is 5.59. The van der Waals surface area contributed by atoms with Crippen molar-refractivity contribution in [1.82, 2.24) is 19.6 Å². The smallest absolute Gasteiger partial charge is 0.286 e. The van der Waals surface area contributed by atoms with Crippen LogP contribution in [0.1, 0.15) is 37.6 Å². The van der Waals surface area contributed by atoms with Crippen LogP contribution in [0.5, 0.6) is 5.75 Å². The lowest BCUT2D eigenvalue weighted by Gasteiger charge is -2.20. The molecule has 1 N–H and O–H groups in total. The SMILES string of the molecule is COc1cccc2oc(-c3c(C4=CCC(C(C)=O)CC4)nc4c(-c5ccccc5)c(C)[nH]n4c3=O)nc12. The number of nitrogens with one attached hydrogen (secondary N) is 1. The van der Waals surface area contributed by atoms with Crippen LogP contribution in [-0.4, -0.2) is 32.5 Å². The molecule has 6 rings (SSSR count). The van der Waals surface area contributed by atoms with Crippen molar-refractivity contribution >= 4 is 28.1 Å². The Hall–Kier alpha value is -4.46. The number of hydrogen-bond donors (Lipinski definition) is 1. The average molecular weight is 495 g/mol. The summed E-state index contributed by atoms with van der Waals surface area (Å²) in [4.78, 5) is 35.8. The monoisotopic (exact) mass is 494 g/mol. The van der Waals surface area contributed by atoms with E-state index in [-0.39, 0.29) is 28.7 Å². The van der Waals surface area contributed by atoms with Gasteiger partial charge in [-0.3, -0.25) is 14.7 Å². The number of fused-ring (bicyclic) bond motifs is 2. The van der Waals surface area contributed by atoms with Crippen LogP contribution in [0.15, 0.2) is 63.8 Å².